The van der Waals surface area contributed by atoms with Gasteiger partial charge in [-0.05, 0) is 101 Å². The van der Waals surface area contributed by atoms with Gasteiger partial charge < -0.3 is 38.2 Å². The third-order valence-electron chi connectivity index (χ3n) is 14.2. The van der Waals surface area contributed by atoms with E-state index in [-0.39, 0.29) is 59.7 Å². The Bertz CT molecular complexity index is 1770. The molecule has 4 aliphatic carbocycles. The fraction of sp³-hybridized carbons (Fsp3) is 0.571. The summed E-state index contributed by atoms with van der Waals surface area (Å²) in [6, 6.07) is 9.14. The Hall–Kier alpha value is -4.02. The van der Waals surface area contributed by atoms with E-state index in [0.717, 1.165) is 61.8 Å². The minimum Gasteiger partial charge on any atom is -0.493 e. The summed E-state index contributed by atoms with van der Waals surface area (Å²) >= 11 is 0. The average Bonchev–Trinajstić information content (AvgIpc) is 3.68. The third-order valence-corrected chi connectivity index (χ3v) is 14.2. The monoisotopic (exact) mass is 708 g/mol. The molecule has 0 amide bonds. The highest BCUT2D eigenvalue weighted by atomic mass is 16.6. The molecule has 0 unspecified atom stereocenters. The molecule has 2 spiro atoms. The van der Waals surface area contributed by atoms with Gasteiger partial charge in [-0.15, -0.1) is 0 Å². The summed E-state index contributed by atoms with van der Waals surface area (Å²) in [5, 5.41) is 0. The predicted molar refractivity (Wildman–Crippen MR) is 191 cm³/mol. The molecule has 0 N–H and O–H groups in total. The van der Waals surface area contributed by atoms with Crippen LogP contribution in [-0.2, 0) is 42.7 Å². The number of carbonyl (C=O) groups is 2. The number of likely N-dealkylation sites (N-methyl/N-ethyl adjacent to an activating group) is 2. The fourth-order valence-electron chi connectivity index (χ4n) is 11.9. The molecular formula is C42H48N2O8. The first-order chi connectivity index (χ1) is 25.3. The van der Waals surface area contributed by atoms with Crippen LogP contribution in [-0.4, -0.2) is 99.6 Å². The maximum absolute atomic E-state index is 13.3. The van der Waals surface area contributed by atoms with E-state index >= 15 is 0 Å². The van der Waals surface area contributed by atoms with E-state index in [1.165, 1.54) is 22.3 Å². The smallest absolute Gasteiger partial charge is 0.306 e. The van der Waals surface area contributed by atoms with Crippen LogP contribution in [0.3, 0.4) is 0 Å². The molecule has 0 saturated carbocycles. The number of nitrogens with zero attached hydrogens (tertiary/aromatic N) is 2. The van der Waals surface area contributed by atoms with Crippen molar-refractivity contribution in [1.82, 2.24) is 9.80 Å². The summed E-state index contributed by atoms with van der Waals surface area (Å²) in [5.41, 5.74) is 4.64. The van der Waals surface area contributed by atoms with Crippen LogP contribution in [0.1, 0.15) is 60.8 Å². The minimum absolute atomic E-state index is 0.223. The number of hydrogen-bond acceptors (Lipinski definition) is 10. The van der Waals surface area contributed by atoms with Crippen LogP contribution in [0.4, 0.5) is 0 Å². The highest BCUT2D eigenvalue weighted by Gasteiger charge is 2.66. The van der Waals surface area contributed by atoms with Gasteiger partial charge in [0.25, 0.3) is 0 Å². The summed E-state index contributed by atoms with van der Waals surface area (Å²) in [7, 11) is 7.78. The van der Waals surface area contributed by atoms with E-state index in [4.69, 9.17) is 28.4 Å². The maximum atomic E-state index is 13.3. The molecule has 2 fully saturated rings. The van der Waals surface area contributed by atoms with Gasteiger partial charge in [0.15, 0.2) is 35.2 Å². The molecule has 2 saturated heterocycles. The Morgan fingerprint density at radius 2 is 1.13 bits per heavy atom. The Morgan fingerprint density at radius 3 is 1.56 bits per heavy atom. The first-order valence-corrected chi connectivity index (χ1v) is 19.2. The summed E-state index contributed by atoms with van der Waals surface area (Å²) in [5.74, 6) is 3.12. The standard InChI is InChI=1S/C42H48N2O8/c1-43-19-17-41-25-11-15-31(39(41)51-37-29(47-3)13-9-23(35(37)41)21-27(25)43)49-33(45)7-5-6-8-34(46)50-32-16-12-26-28-22-24-10-14-30(48-4)38-36(24)42(26,40(32)52-38)18-20-44(28)2/h9-16,25-28,31-32,39-40H,5-8,17-22H2,1-4H3/t25-,26-,27-,28+,31-,32-,39-,40-,41-,42-/m0/s1. The van der Waals surface area contributed by atoms with Gasteiger partial charge >= 0.3 is 11.9 Å². The summed E-state index contributed by atoms with van der Waals surface area (Å²) in [6.45, 7) is 1.93. The van der Waals surface area contributed by atoms with Crippen LogP contribution in [0.5, 0.6) is 23.0 Å². The Labute approximate surface area is 305 Å². The second kappa shape index (κ2) is 11.7. The lowest BCUT2D eigenvalue weighted by molar-refractivity contribution is -0.157. The molecule has 10 heteroatoms. The number of methoxy groups -OCH3 is 2. The molecule has 10 nitrogen and oxygen atoms in total. The summed E-state index contributed by atoms with van der Waals surface area (Å²) in [6.07, 6.45) is 12.4. The highest BCUT2D eigenvalue weighted by molar-refractivity contribution is 5.72. The van der Waals surface area contributed by atoms with Gasteiger partial charge in [0, 0.05) is 58.7 Å². The first-order valence-electron chi connectivity index (χ1n) is 19.2. The molecule has 4 aliphatic heterocycles. The SMILES string of the molecule is COc1ccc2c3c1O[C@H]1[C@@H](OC(=O)CCCCC(=O)O[C@H]4C=C[C@H]5[C@@H]6Cc7ccc(OC)c8c7[C@@]5(CCN6C)[C@H]4O8)C=C[C@H]4[C@@H](C2)N(C)CC[C@@]341. The lowest BCUT2D eigenvalue weighted by Gasteiger charge is -2.56. The number of piperidine rings is 2. The normalized spacial score (nSPS) is 36.6. The number of benzene rings is 2. The second-order valence-electron chi connectivity index (χ2n) is 16.4. The van der Waals surface area contributed by atoms with Crippen molar-refractivity contribution in [3.63, 3.8) is 0 Å². The van der Waals surface area contributed by atoms with Crippen molar-refractivity contribution in [1.29, 1.82) is 0 Å². The lowest BCUT2D eigenvalue weighted by atomic mass is 9.53. The zero-order chi connectivity index (χ0) is 35.5. The lowest BCUT2D eigenvalue weighted by Crippen LogP contribution is -2.65. The molecule has 8 aliphatic rings. The number of hydrogen-bond donors (Lipinski definition) is 0. The number of ether oxygens (including phenoxy) is 6. The first kappa shape index (κ1) is 32.6. The van der Waals surface area contributed by atoms with E-state index in [1.54, 1.807) is 14.2 Å². The van der Waals surface area contributed by atoms with Crippen molar-refractivity contribution in [3.05, 3.63) is 70.8 Å². The maximum Gasteiger partial charge on any atom is 0.306 e. The van der Waals surface area contributed by atoms with Gasteiger partial charge in [-0.1, -0.05) is 24.3 Å². The predicted octanol–water partition coefficient (Wildman–Crippen LogP) is 4.68. The van der Waals surface area contributed by atoms with Crippen molar-refractivity contribution in [2.45, 2.75) is 98.7 Å². The van der Waals surface area contributed by atoms with Crippen LogP contribution in [0.2, 0.25) is 0 Å². The molecule has 2 aromatic rings. The molecular weight excluding hydrogens is 660 g/mol. The number of esters is 2. The largest absolute Gasteiger partial charge is 0.493 e. The molecule has 4 heterocycles. The van der Waals surface area contributed by atoms with E-state index in [1.807, 2.05) is 24.3 Å². The molecule has 10 rings (SSSR count). The van der Waals surface area contributed by atoms with Gasteiger partial charge in [0.2, 0.25) is 0 Å². The van der Waals surface area contributed by atoms with E-state index < -0.39 is 12.2 Å². The van der Waals surface area contributed by atoms with Gasteiger partial charge in [0.1, 0.15) is 12.2 Å². The van der Waals surface area contributed by atoms with Gasteiger partial charge in [-0.25, -0.2) is 0 Å². The molecule has 2 aromatic carbocycles. The third kappa shape index (κ3) is 4.31. The molecule has 52 heavy (non-hydrogen) atoms. The minimum atomic E-state index is -0.490. The van der Waals surface area contributed by atoms with E-state index in [2.05, 4.69) is 48.2 Å². The zero-order valence-electron chi connectivity index (χ0n) is 30.5. The van der Waals surface area contributed by atoms with Crippen molar-refractivity contribution in [2.24, 2.45) is 11.8 Å². The van der Waals surface area contributed by atoms with Gasteiger partial charge in [-0.2, -0.15) is 0 Å². The molecule has 4 bridgehead atoms. The van der Waals surface area contributed by atoms with Crippen molar-refractivity contribution < 1.29 is 38.0 Å². The number of carbonyl (C=O) groups excluding carboxylic acids is 2. The van der Waals surface area contributed by atoms with Crippen LogP contribution in [0.15, 0.2) is 48.6 Å². The average molecular weight is 709 g/mol. The van der Waals surface area contributed by atoms with E-state index in [9.17, 15) is 9.59 Å². The van der Waals surface area contributed by atoms with Crippen LogP contribution in [0.25, 0.3) is 0 Å². The Balaban J connectivity index is 0.786. The summed E-state index contributed by atoms with van der Waals surface area (Å²) < 4.78 is 37.3. The highest BCUT2D eigenvalue weighted by Crippen LogP contribution is 2.64. The van der Waals surface area contributed by atoms with Crippen LogP contribution >= 0.6 is 0 Å². The van der Waals surface area contributed by atoms with Gasteiger partial charge in [-0.3, -0.25) is 9.59 Å². The number of rotatable bonds is 9. The van der Waals surface area contributed by atoms with Crippen molar-refractivity contribution in [3.8, 4) is 23.0 Å². The Morgan fingerprint density at radius 1 is 0.692 bits per heavy atom. The number of likely N-dealkylation sites (tertiary alicyclic amines) is 2. The molecule has 10 atom stereocenters. The second-order valence-corrected chi connectivity index (χ2v) is 16.4. The van der Waals surface area contributed by atoms with Crippen LogP contribution in [0, 0.1) is 11.8 Å². The molecule has 0 radical (unpaired) electrons. The summed E-state index contributed by atoms with van der Waals surface area (Å²) in [4.78, 5) is 31.6. The van der Waals surface area contributed by atoms with Crippen molar-refractivity contribution in [2.75, 3.05) is 41.4 Å². The fourth-order valence-corrected chi connectivity index (χ4v) is 11.9. The molecule has 0 aromatic heterocycles. The quantitative estimate of drug-likeness (QED) is 0.208. The number of unbranched alkanes of at least 4 members (excludes halogenated alkanes) is 1. The van der Waals surface area contributed by atoms with Gasteiger partial charge in [0.05, 0.1) is 14.2 Å². The van der Waals surface area contributed by atoms with E-state index in [0.29, 0.717) is 24.9 Å². The topological polar surface area (TPSA) is 96.0 Å². The van der Waals surface area contributed by atoms with Crippen molar-refractivity contribution >= 4 is 11.9 Å². The Kier molecular flexibility index (Phi) is 7.36. The zero-order valence-corrected chi connectivity index (χ0v) is 30.5. The molecule has 274 valence electrons. The van der Waals surface area contributed by atoms with Crippen LogP contribution < -0.4 is 18.9 Å².